The Bertz CT molecular complexity index is 666. The van der Waals surface area contributed by atoms with E-state index in [-0.39, 0.29) is 10.7 Å². The van der Waals surface area contributed by atoms with E-state index in [2.05, 4.69) is 46.9 Å². The van der Waals surface area contributed by atoms with Crippen LogP contribution in [0.3, 0.4) is 0 Å². The molecular weight excluding hydrogens is 395 g/mol. The van der Waals surface area contributed by atoms with Gasteiger partial charge in [0.25, 0.3) is 5.91 Å². The molecule has 8 heteroatoms. The van der Waals surface area contributed by atoms with Gasteiger partial charge in [0.1, 0.15) is 0 Å². The van der Waals surface area contributed by atoms with E-state index in [1.807, 2.05) is 6.07 Å². The van der Waals surface area contributed by atoms with Crippen LogP contribution in [0.15, 0.2) is 18.2 Å². The van der Waals surface area contributed by atoms with Crippen LogP contribution in [0.1, 0.15) is 48.5 Å². The number of alkyl halides is 3. The average Bonchev–Trinajstić information content (AvgIpc) is 2.47. The second-order valence-electron chi connectivity index (χ2n) is 8.12. The molecule has 1 amide bonds. The highest BCUT2D eigenvalue weighted by molar-refractivity contribution is 6.95. The number of hydrogen-bond donors (Lipinski definition) is 2. The molecule has 3 nitrogen and oxygen atoms in total. The summed E-state index contributed by atoms with van der Waals surface area (Å²) in [7, 11) is -1.99. The highest BCUT2D eigenvalue weighted by atomic mass is 35.5. The number of aliphatic hydroxyl groups is 1. The summed E-state index contributed by atoms with van der Waals surface area (Å²) in [6, 6.07) is 5.12. The highest BCUT2D eigenvalue weighted by Crippen LogP contribution is 2.42. The van der Waals surface area contributed by atoms with Crippen molar-refractivity contribution in [2.75, 3.05) is 5.32 Å². The van der Waals surface area contributed by atoms with Crippen LogP contribution in [-0.2, 0) is 4.79 Å². The summed E-state index contributed by atoms with van der Waals surface area (Å²) in [4.78, 5) is 11.9. The molecule has 1 atom stereocenters. The zero-order chi connectivity index (χ0) is 21.4. The molecule has 1 rings (SSSR count). The van der Waals surface area contributed by atoms with E-state index in [9.17, 15) is 23.1 Å². The highest BCUT2D eigenvalue weighted by Gasteiger charge is 2.56. The van der Waals surface area contributed by atoms with E-state index in [0.717, 1.165) is 5.19 Å². The van der Waals surface area contributed by atoms with Crippen LogP contribution in [0.2, 0.25) is 21.6 Å². The number of benzene rings is 1. The molecule has 2 N–H and O–H groups in total. The van der Waals surface area contributed by atoms with E-state index < -0.39 is 25.8 Å². The van der Waals surface area contributed by atoms with E-state index in [4.69, 9.17) is 11.6 Å². The monoisotopic (exact) mass is 423 g/mol. The zero-order valence-corrected chi connectivity index (χ0v) is 18.6. The van der Waals surface area contributed by atoms with Crippen molar-refractivity contribution in [1.82, 2.24) is 0 Å². The first kappa shape index (κ1) is 24.0. The minimum atomic E-state index is -5.08. The molecule has 1 aromatic rings. The van der Waals surface area contributed by atoms with Crippen LogP contribution in [0.25, 0.3) is 0 Å². The summed E-state index contributed by atoms with van der Waals surface area (Å²) in [5, 5.41) is 12.9. The molecule has 0 aromatic heterocycles. The zero-order valence-electron chi connectivity index (χ0n) is 16.8. The Kier molecular flexibility index (Phi) is 7.22. The van der Waals surface area contributed by atoms with Crippen molar-refractivity contribution in [3.8, 4) is 0 Å². The van der Waals surface area contributed by atoms with Gasteiger partial charge in [-0.15, -0.1) is 0 Å². The van der Waals surface area contributed by atoms with Gasteiger partial charge in [-0.25, -0.2) is 0 Å². The Balaban J connectivity index is 3.33. The first-order valence-corrected chi connectivity index (χ1v) is 11.6. The van der Waals surface area contributed by atoms with E-state index >= 15 is 0 Å². The van der Waals surface area contributed by atoms with E-state index in [0.29, 0.717) is 23.5 Å². The van der Waals surface area contributed by atoms with Gasteiger partial charge in [0, 0.05) is 0 Å². The maximum absolute atomic E-state index is 12.8. The number of amides is 1. The third-order valence-electron chi connectivity index (χ3n) is 5.58. The summed E-state index contributed by atoms with van der Waals surface area (Å²) in [6.07, 6.45) is -5.08. The number of rotatable bonds is 6. The maximum Gasteiger partial charge on any atom is 0.426 e. The smallest absolute Gasteiger partial charge is 0.373 e. The van der Waals surface area contributed by atoms with Gasteiger partial charge in [-0.05, 0) is 35.7 Å². The first-order valence-electron chi connectivity index (χ1n) is 9.00. The number of nitrogens with one attached hydrogen (secondary N) is 1. The molecule has 0 spiro atoms. The van der Waals surface area contributed by atoms with Gasteiger partial charge in [-0.1, -0.05) is 64.4 Å². The third kappa shape index (κ3) is 4.35. The van der Waals surface area contributed by atoms with Crippen LogP contribution < -0.4 is 10.5 Å². The number of carbonyl (C=O) groups excluding carboxylic acids is 1. The van der Waals surface area contributed by atoms with Gasteiger partial charge in [-0.2, -0.15) is 13.2 Å². The molecule has 0 radical (unpaired) electrons. The molecule has 0 bridgehead atoms. The lowest BCUT2D eigenvalue weighted by atomic mass is 10.1. The minimum absolute atomic E-state index is 0.0501. The SMILES string of the molecule is CC(C)[Si](c1ccc(NC(=O)C(C)(O)C(F)(F)F)c(Cl)c1)(C(C)C)C(C)C. The largest absolute Gasteiger partial charge is 0.426 e. The lowest BCUT2D eigenvalue weighted by Crippen LogP contribution is -2.55. The Morgan fingerprint density at radius 1 is 1.07 bits per heavy atom. The Labute approximate surface area is 165 Å². The molecule has 0 saturated heterocycles. The minimum Gasteiger partial charge on any atom is -0.373 e. The Hall–Kier alpha value is -1.05. The van der Waals surface area contributed by atoms with Crippen molar-refractivity contribution in [3.05, 3.63) is 23.2 Å². The second-order valence-corrected chi connectivity index (χ2v) is 14.4. The number of anilines is 1. The average molecular weight is 424 g/mol. The predicted molar refractivity (Wildman–Crippen MR) is 107 cm³/mol. The van der Waals surface area contributed by atoms with E-state index in [1.54, 1.807) is 6.07 Å². The van der Waals surface area contributed by atoms with Crippen molar-refractivity contribution < 1.29 is 23.1 Å². The lowest BCUT2D eigenvalue weighted by Gasteiger charge is -2.43. The fraction of sp³-hybridized carbons (Fsp3) is 0.632. The number of carbonyl (C=O) groups is 1. The molecule has 27 heavy (non-hydrogen) atoms. The van der Waals surface area contributed by atoms with Crippen molar-refractivity contribution in [2.24, 2.45) is 0 Å². The molecule has 1 aromatic carbocycles. The fourth-order valence-corrected chi connectivity index (χ4v) is 11.3. The van der Waals surface area contributed by atoms with Gasteiger partial charge in [0.15, 0.2) is 0 Å². The summed E-state index contributed by atoms with van der Waals surface area (Å²) in [5.41, 5.74) is -2.16. The third-order valence-corrected chi connectivity index (χ3v) is 12.9. The number of hydrogen-bond acceptors (Lipinski definition) is 2. The molecule has 0 saturated carbocycles. The van der Waals surface area contributed by atoms with Crippen molar-refractivity contribution in [2.45, 2.75) is 76.9 Å². The molecule has 0 aliphatic rings. The number of halogens is 4. The molecule has 0 aliphatic carbocycles. The summed E-state index contributed by atoms with van der Waals surface area (Å²) in [5.74, 6) is -1.57. The predicted octanol–water partition coefficient (Wildman–Crippen LogP) is 5.48. The molecular formula is C19H29ClF3NO2Si. The fourth-order valence-electron chi connectivity index (χ4n) is 4.26. The molecule has 0 fully saturated rings. The van der Waals surface area contributed by atoms with Crippen LogP contribution in [0.4, 0.5) is 18.9 Å². The van der Waals surface area contributed by atoms with Gasteiger partial charge >= 0.3 is 6.18 Å². The van der Waals surface area contributed by atoms with Crippen LogP contribution in [-0.4, -0.2) is 30.9 Å². The molecule has 0 heterocycles. The van der Waals surface area contributed by atoms with Gasteiger partial charge in [-0.3, -0.25) is 4.79 Å². The van der Waals surface area contributed by atoms with Crippen molar-refractivity contribution >= 4 is 36.5 Å². The molecule has 0 aliphatic heterocycles. The maximum atomic E-state index is 12.8. The summed E-state index contributed by atoms with van der Waals surface area (Å²) >= 11 is 6.30. The lowest BCUT2D eigenvalue weighted by molar-refractivity contribution is -0.242. The van der Waals surface area contributed by atoms with Gasteiger partial charge < -0.3 is 10.4 Å². The quantitative estimate of drug-likeness (QED) is 0.595. The Morgan fingerprint density at radius 3 is 1.85 bits per heavy atom. The second kappa shape index (κ2) is 8.13. The standard InChI is InChI=1S/C19H29ClF3NO2Si/c1-11(2)27(12(3)4,13(5)6)14-8-9-16(15(20)10-14)24-17(25)18(7,26)19(21,22)23/h8-13,26H,1-7H3,(H,24,25). The van der Waals surface area contributed by atoms with Crippen LogP contribution >= 0.6 is 11.6 Å². The summed E-state index contributed by atoms with van der Waals surface area (Å²) in [6.45, 7) is 13.6. The van der Waals surface area contributed by atoms with Crippen molar-refractivity contribution in [1.29, 1.82) is 0 Å². The summed E-state index contributed by atoms with van der Waals surface area (Å²) < 4.78 is 38.5. The van der Waals surface area contributed by atoms with Crippen molar-refractivity contribution in [3.63, 3.8) is 0 Å². The first-order chi connectivity index (χ1) is 12.1. The molecule has 1 unspecified atom stereocenters. The molecule has 154 valence electrons. The van der Waals surface area contributed by atoms with Crippen LogP contribution in [0.5, 0.6) is 0 Å². The van der Waals surface area contributed by atoms with E-state index in [1.165, 1.54) is 6.07 Å². The van der Waals surface area contributed by atoms with Gasteiger partial charge in [0.2, 0.25) is 5.60 Å². The normalized spacial score (nSPS) is 15.4. The van der Waals surface area contributed by atoms with Crippen LogP contribution in [0, 0.1) is 0 Å². The van der Waals surface area contributed by atoms with Gasteiger partial charge in [0.05, 0.1) is 18.8 Å². The topological polar surface area (TPSA) is 49.3 Å². The Morgan fingerprint density at radius 2 is 1.52 bits per heavy atom.